The van der Waals surface area contributed by atoms with E-state index in [-0.39, 0.29) is 0 Å². The largest absolute Gasteiger partial charge is 0.171 e. The van der Waals surface area contributed by atoms with Gasteiger partial charge in [0.2, 0.25) is 0 Å². The first-order valence-corrected chi connectivity index (χ1v) is 2.09. The fraction of sp³-hybridized carbons (Fsp3) is 1.00. The smallest absolute Gasteiger partial charge is 0.0510 e. The molecule has 0 bridgehead atoms. The van der Waals surface area contributed by atoms with Crippen LogP contribution in [0.15, 0.2) is 20.9 Å². The third kappa shape index (κ3) is 0.722. The van der Waals surface area contributed by atoms with Crippen LogP contribution in [0, 0.1) is 0 Å². The molecule has 0 aromatic heterocycles. The minimum absolute atomic E-state index is 1.47. The van der Waals surface area contributed by atoms with Crippen molar-refractivity contribution in [3.05, 3.63) is 0 Å². The molecule has 8 heavy (non-hydrogen) atoms. The number of rotatable bonds is 0. The van der Waals surface area contributed by atoms with Crippen LogP contribution in [0.4, 0.5) is 0 Å². The van der Waals surface area contributed by atoms with E-state index in [1.54, 1.807) is 14.1 Å². The van der Waals surface area contributed by atoms with Crippen molar-refractivity contribution in [2.75, 3.05) is 14.1 Å². The van der Waals surface area contributed by atoms with E-state index < -0.39 is 0 Å². The van der Waals surface area contributed by atoms with Crippen LogP contribution in [-0.2, 0) is 0 Å². The molecule has 0 unspecified atom stereocenters. The molecule has 0 aromatic carbocycles. The molecule has 0 atom stereocenters. The summed E-state index contributed by atoms with van der Waals surface area (Å²) in [6.45, 7) is 0. The van der Waals surface area contributed by atoms with Gasteiger partial charge in [-0.05, 0) is 20.9 Å². The Labute approximate surface area is 46.4 Å². The average Bonchev–Trinajstić information content (AvgIpc) is 1.77. The molecule has 0 saturated carbocycles. The van der Waals surface area contributed by atoms with Gasteiger partial charge in [0.1, 0.15) is 0 Å². The molecular formula is C2H6N6. The van der Waals surface area contributed by atoms with Crippen LogP contribution >= 0.6 is 0 Å². The van der Waals surface area contributed by atoms with Gasteiger partial charge < -0.3 is 0 Å². The highest BCUT2D eigenvalue weighted by atomic mass is 16.0. The molecule has 1 aliphatic heterocycles. The van der Waals surface area contributed by atoms with Crippen molar-refractivity contribution in [2.24, 2.45) is 20.9 Å². The van der Waals surface area contributed by atoms with Crippen LogP contribution in [-0.4, -0.2) is 24.3 Å². The van der Waals surface area contributed by atoms with E-state index in [1.807, 2.05) is 0 Å². The summed E-state index contributed by atoms with van der Waals surface area (Å²) in [6, 6.07) is 0. The molecule has 0 fully saturated rings. The zero-order valence-electron chi connectivity index (χ0n) is 4.68. The number of hydrazine groups is 1. The second kappa shape index (κ2) is 1.73. The summed E-state index contributed by atoms with van der Waals surface area (Å²) in [6.07, 6.45) is 0. The van der Waals surface area contributed by atoms with Gasteiger partial charge >= 0.3 is 0 Å². The molecule has 6 heteroatoms. The lowest BCUT2D eigenvalue weighted by molar-refractivity contribution is -0.00278. The predicted molar refractivity (Wildman–Crippen MR) is 25.2 cm³/mol. The molecule has 0 aliphatic carbocycles. The maximum Gasteiger partial charge on any atom is 0.0510 e. The van der Waals surface area contributed by atoms with Gasteiger partial charge in [-0.2, -0.15) is 10.2 Å². The Hall–Kier alpha value is -1.20. The van der Waals surface area contributed by atoms with Crippen molar-refractivity contribution in [1.29, 1.82) is 0 Å². The minimum atomic E-state index is 1.47. The summed E-state index contributed by atoms with van der Waals surface area (Å²) in [7, 11) is 3.45. The molecule has 1 aliphatic rings. The van der Waals surface area contributed by atoms with Crippen molar-refractivity contribution in [2.45, 2.75) is 0 Å². The molecule has 6 nitrogen and oxygen atoms in total. The number of hydrogen-bond donors (Lipinski definition) is 0. The highest BCUT2D eigenvalue weighted by molar-refractivity contribution is 4.29. The third-order valence-corrected chi connectivity index (χ3v) is 0.798. The highest BCUT2D eigenvalue weighted by Gasteiger charge is 2.00. The van der Waals surface area contributed by atoms with Crippen LogP contribution in [0.5, 0.6) is 0 Å². The van der Waals surface area contributed by atoms with Crippen molar-refractivity contribution < 1.29 is 0 Å². The first-order chi connectivity index (χ1) is 3.80. The van der Waals surface area contributed by atoms with Crippen molar-refractivity contribution in [3.63, 3.8) is 0 Å². The summed E-state index contributed by atoms with van der Waals surface area (Å²) < 4.78 is 0. The second-order valence-corrected chi connectivity index (χ2v) is 1.34. The monoisotopic (exact) mass is 114 g/mol. The lowest BCUT2D eigenvalue weighted by Gasteiger charge is -2.19. The molecule has 1 rings (SSSR count). The van der Waals surface area contributed by atoms with E-state index in [9.17, 15) is 0 Å². The van der Waals surface area contributed by atoms with Gasteiger partial charge in [0.05, 0.1) is 14.1 Å². The Morgan fingerprint density at radius 2 is 1.25 bits per heavy atom. The van der Waals surface area contributed by atoms with Crippen LogP contribution in [0.3, 0.4) is 0 Å². The van der Waals surface area contributed by atoms with Crippen LogP contribution in [0.2, 0.25) is 0 Å². The topological polar surface area (TPSA) is 55.9 Å². The molecule has 0 radical (unpaired) electrons. The molecule has 0 N–H and O–H groups in total. The first-order valence-electron chi connectivity index (χ1n) is 2.09. The summed E-state index contributed by atoms with van der Waals surface area (Å²) in [4.78, 5) is 0. The Kier molecular flexibility index (Phi) is 1.07. The quantitative estimate of drug-likeness (QED) is 0.458. The van der Waals surface area contributed by atoms with Crippen molar-refractivity contribution in [3.8, 4) is 0 Å². The van der Waals surface area contributed by atoms with Gasteiger partial charge in [-0.1, -0.05) is 0 Å². The van der Waals surface area contributed by atoms with E-state index >= 15 is 0 Å². The summed E-state index contributed by atoms with van der Waals surface area (Å²) >= 11 is 0. The van der Waals surface area contributed by atoms with E-state index in [4.69, 9.17) is 0 Å². The predicted octanol–water partition coefficient (Wildman–Crippen LogP) is 0.428. The summed E-state index contributed by atoms with van der Waals surface area (Å²) in [5.41, 5.74) is 0. The molecular weight excluding hydrogens is 108 g/mol. The molecule has 0 spiro atoms. The fourth-order valence-electron chi connectivity index (χ4n) is 0.267. The standard InChI is InChI=1S/C2H6N6/c1-7-5-3-4-6-8(7)2/h1-2H3. The maximum absolute atomic E-state index is 3.53. The second-order valence-electron chi connectivity index (χ2n) is 1.34. The first kappa shape index (κ1) is 4.95. The lowest BCUT2D eigenvalue weighted by atomic mass is 11.3. The van der Waals surface area contributed by atoms with E-state index in [0.717, 1.165) is 0 Å². The van der Waals surface area contributed by atoms with E-state index in [0.29, 0.717) is 0 Å². The molecule has 1 heterocycles. The molecule has 0 saturated heterocycles. The average molecular weight is 114 g/mol. The fourth-order valence-corrected chi connectivity index (χ4v) is 0.267. The van der Waals surface area contributed by atoms with E-state index in [2.05, 4.69) is 20.9 Å². The SMILES string of the molecule is CN1N=NN=NN1C. The Bertz CT molecular complexity index is 110. The van der Waals surface area contributed by atoms with Crippen molar-refractivity contribution >= 4 is 0 Å². The van der Waals surface area contributed by atoms with Gasteiger partial charge in [0, 0.05) is 0 Å². The minimum Gasteiger partial charge on any atom is -0.171 e. The van der Waals surface area contributed by atoms with Crippen LogP contribution in [0.1, 0.15) is 0 Å². The normalized spacial score (nSPS) is 17.8. The lowest BCUT2D eigenvalue weighted by Crippen LogP contribution is -2.27. The zero-order chi connectivity index (χ0) is 5.98. The molecule has 0 amide bonds. The number of nitrogens with zero attached hydrogens (tertiary/aromatic N) is 6. The summed E-state index contributed by atoms with van der Waals surface area (Å²) in [5, 5.41) is 16.6. The Morgan fingerprint density at radius 1 is 0.875 bits per heavy atom. The highest BCUT2D eigenvalue weighted by Crippen LogP contribution is 1.99. The molecule has 0 aromatic rings. The van der Waals surface area contributed by atoms with Gasteiger partial charge in [0.25, 0.3) is 0 Å². The van der Waals surface area contributed by atoms with Crippen LogP contribution in [0.25, 0.3) is 0 Å². The maximum atomic E-state index is 3.53. The van der Waals surface area contributed by atoms with E-state index in [1.165, 1.54) is 10.2 Å². The van der Waals surface area contributed by atoms with Crippen molar-refractivity contribution in [1.82, 2.24) is 10.2 Å². The Balaban J connectivity index is 2.59. The van der Waals surface area contributed by atoms with Crippen LogP contribution < -0.4 is 0 Å². The van der Waals surface area contributed by atoms with Gasteiger partial charge in [-0.15, -0.1) is 0 Å². The Morgan fingerprint density at radius 3 is 1.50 bits per heavy atom. The van der Waals surface area contributed by atoms with Gasteiger partial charge in [-0.25, -0.2) is 0 Å². The summed E-state index contributed by atoms with van der Waals surface area (Å²) in [5.74, 6) is 0. The zero-order valence-corrected chi connectivity index (χ0v) is 4.68. The molecule has 44 valence electrons. The van der Waals surface area contributed by atoms with Gasteiger partial charge in [-0.3, -0.25) is 0 Å². The third-order valence-electron chi connectivity index (χ3n) is 0.798. The van der Waals surface area contributed by atoms with Gasteiger partial charge in [0.15, 0.2) is 0 Å². The number of hydrogen-bond acceptors (Lipinski definition) is 6.